The SMILES string of the molecule is CCCN1C(=O)NCc2cc(NS(=O)(=O)Cc3c(F)c(F)c(C)c(F)c3F)ccc21. The quantitative estimate of drug-likeness (QED) is 0.522. The summed E-state index contributed by atoms with van der Waals surface area (Å²) < 4.78 is 82.4. The number of amides is 2. The number of urea groups is 1. The molecule has 1 aliphatic rings. The number of nitrogens with one attached hydrogen (secondary N) is 2. The van der Waals surface area contributed by atoms with Gasteiger partial charge in [-0.05, 0) is 37.1 Å². The molecule has 0 bridgehead atoms. The number of halogens is 4. The van der Waals surface area contributed by atoms with Crippen LogP contribution in [0.4, 0.5) is 33.7 Å². The third-order valence-corrected chi connectivity index (χ3v) is 5.89. The Kier molecular flexibility index (Phi) is 5.93. The molecule has 2 amide bonds. The fourth-order valence-corrected chi connectivity index (χ4v) is 4.39. The summed E-state index contributed by atoms with van der Waals surface area (Å²) in [6.07, 6.45) is 0.710. The van der Waals surface area contributed by atoms with Crippen molar-refractivity contribution in [3.05, 3.63) is 58.2 Å². The van der Waals surface area contributed by atoms with E-state index in [0.717, 1.165) is 6.92 Å². The number of hydrogen-bond acceptors (Lipinski definition) is 3. The Bertz CT molecular complexity index is 1090. The summed E-state index contributed by atoms with van der Waals surface area (Å²) in [5.74, 6) is -8.08. The van der Waals surface area contributed by atoms with E-state index in [9.17, 15) is 30.8 Å². The molecule has 0 aliphatic carbocycles. The normalized spacial score (nSPS) is 13.8. The van der Waals surface area contributed by atoms with E-state index < -0.39 is 50.2 Å². The van der Waals surface area contributed by atoms with Crippen molar-refractivity contribution in [1.29, 1.82) is 0 Å². The fourth-order valence-electron chi connectivity index (χ4n) is 3.19. The molecule has 0 saturated heterocycles. The highest BCUT2D eigenvalue weighted by molar-refractivity contribution is 7.91. The average molecular weight is 445 g/mol. The molecule has 2 N–H and O–H groups in total. The predicted molar refractivity (Wildman–Crippen MR) is 104 cm³/mol. The highest BCUT2D eigenvalue weighted by atomic mass is 32.2. The average Bonchev–Trinajstić information content (AvgIpc) is 2.70. The van der Waals surface area contributed by atoms with Gasteiger partial charge in [0.1, 0.15) is 5.75 Å². The van der Waals surface area contributed by atoms with Crippen LogP contribution in [0.15, 0.2) is 18.2 Å². The van der Waals surface area contributed by atoms with Crippen LogP contribution in [0.3, 0.4) is 0 Å². The molecule has 1 heterocycles. The van der Waals surface area contributed by atoms with Crippen LogP contribution in [0, 0.1) is 30.2 Å². The summed E-state index contributed by atoms with van der Waals surface area (Å²) >= 11 is 0. The highest BCUT2D eigenvalue weighted by Gasteiger charge is 2.28. The topological polar surface area (TPSA) is 78.5 Å². The lowest BCUT2D eigenvalue weighted by Gasteiger charge is -2.30. The molecule has 0 radical (unpaired) electrons. The standard InChI is InChI=1S/C19H19F4N3O3S/c1-3-6-26-14-5-4-12(7-11(14)8-24-19(26)27)25-30(28,29)9-13-17(22)15(20)10(2)16(21)18(13)23/h4-5,7,25H,3,6,8-9H2,1-2H3,(H,24,27). The summed E-state index contributed by atoms with van der Waals surface area (Å²) in [6, 6.07) is 4.14. The highest BCUT2D eigenvalue weighted by Crippen LogP contribution is 2.29. The molecule has 2 aromatic carbocycles. The second-order valence-electron chi connectivity index (χ2n) is 6.87. The lowest BCUT2D eigenvalue weighted by atomic mass is 10.1. The van der Waals surface area contributed by atoms with Crippen LogP contribution in [0.25, 0.3) is 0 Å². The van der Waals surface area contributed by atoms with E-state index in [1.54, 1.807) is 6.07 Å². The Balaban J connectivity index is 1.88. The minimum Gasteiger partial charge on any atom is -0.334 e. The van der Waals surface area contributed by atoms with Crippen LogP contribution in [-0.4, -0.2) is 21.0 Å². The van der Waals surface area contributed by atoms with E-state index >= 15 is 0 Å². The molecule has 30 heavy (non-hydrogen) atoms. The summed E-state index contributed by atoms with van der Waals surface area (Å²) in [7, 11) is -4.40. The number of nitrogens with zero attached hydrogens (tertiary/aromatic N) is 1. The van der Waals surface area contributed by atoms with Gasteiger partial charge in [-0.2, -0.15) is 0 Å². The first-order valence-corrected chi connectivity index (χ1v) is 10.7. The van der Waals surface area contributed by atoms with Crippen molar-refractivity contribution in [2.75, 3.05) is 16.2 Å². The maximum atomic E-state index is 14.0. The van der Waals surface area contributed by atoms with Crippen molar-refractivity contribution < 1.29 is 30.8 Å². The van der Waals surface area contributed by atoms with E-state index in [1.807, 2.05) is 6.92 Å². The molecule has 0 spiro atoms. The summed E-state index contributed by atoms with van der Waals surface area (Å²) in [5.41, 5.74) is -0.763. The van der Waals surface area contributed by atoms with Gasteiger partial charge in [0.15, 0.2) is 23.3 Å². The van der Waals surface area contributed by atoms with Gasteiger partial charge in [0.05, 0.1) is 5.69 Å². The summed E-state index contributed by atoms with van der Waals surface area (Å²) in [4.78, 5) is 13.5. The molecule has 0 aromatic heterocycles. The maximum Gasteiger partial charge on any atom is 0.322 e. The van der Waals surface area contributed by atoms with E-state index in [4.69, 9.17) is 0 Å². The Morgan fingerprint density at radius 2 is 1.73 bits per heavy atom. The second-order valence-corrected chi connectivity index (χ2v) is 8.60. The first-order valence-electron chi connectivity index (χ1n) is 9.06. The zero-order chi connectivity index (χ0) is 22.2. The van der Waals surface area contributed by atoms with Crippen LogP contribution < -0.4 is 14.9 Å². The van der Waals surface area contributed by atoms with Crippen LogP contribution in [0.2, 0.25) is 0 Å². The van der Waals surface area contributed by atoms with Gasteiger partial charge in [-0.15, -0.1) is 0 Å². The van der Waals surface area contributed by atoms with E-state index in [1.165, 1.54) is 17.0 Å². The smallest absolute Gasteiger partial charge is 0.322 e. The van der Waals surface area contributed by atoms with Crippen LogP contribution in [0.1, 0.15) is 30.0 Å². The molecule has 0 atom stereocenters. The van der Waals surface area contributed by atoms with Crippen LogP contribution in [-0.2, 0) is 22.3 Å². The van der Waals surface area contributed by atoms with Gasteiger partial charge in [-0.3, -0.25) is 9.62 Å². The molecular weight excluding hydrogens is 426 g/mol. The van der Waals surface area contributed by atoms with Crippen molar-refractivity contribution >= 4 is 27.4 Å². The van der Waals surface area contributed by atoms with Crippen molar-refractivity contribution in [2.45, 2.75) is 32.6 Å². The first-order chi connectivity index (χ1) is 14.1. The third-order valence-electron chi connectivity index (χ3n) is 4.67. The van der Waals surface area contributed by atoms with Gasteiger partial charge in [0.25, 0.3) is 0 Å². The minimum atomic E-state index is -4.40. The molecule has 0 fully saturated rings. The number of fused-ring (bicyclic) bond motifs is 1. The molecule has 2 aromatic rings. The van der Waals surface area contributed by atoms with E-state index in [-0.39, 0.29) is 18.3 Å². The molecular formula is C19H19F4N3O3S. The van der Waals surface area contributed by atoms with Gasteiger partial charge in [-0.1, -0.05) is 6.92 Å². The maximum absolute atomic E-state index is 14.0. The molecule has 3 rings (SSSR count). The lowest BCUT2D eigenvalue weighted by Crippen LogP contribution is -2.44. The molecule has 0 saturated carbocycles. The molecule has 11 heteroatoms. The van der Waals surface area contributed by atoms with Gasteiger partial charge in [0, 0.05) is 29.9 Å². The van der Waals surface area contributed by atoms with Gasteiger partial charge in [0.2, 0.25) is 10.0 Å². The zero-order valence-electron chi connectivity index (χ0n) is 16.2. The summed E-state index contributed by atoms with van der Waals surface area (Å²) in [6.45, 7) is 3.38. The number of hydrogen-bond donors (Lipinski definition) is 2. The molecule has 6 nitrogen and oxygen atoms in total. The number of rotatable bonds is 6. The van der Waals surface area contributed by atoms with Gasteiger partial charge in [-0.25, -0.2) is 30.8 Å². The second kappa shape index (κ2) is 8.13. The Hall–Kier alpha value is -2.82. The van der Waals surface area contributed by atoms with Crippen molar-refractivity contribution in [3.63, 3.8) is 0 Å². The minimum absolute atomic E-state index is 0.0789. The lowest BCUT2D eigenvalue weighted by molar-refractivity contribution is 0.244. The Labute approximate surface area is 170 Å². The number of carbonyl (C=O) groups is 1. The van der Waals surface area contributed by atoms with Crippen molar-refractivity contribution in [2.24, 2.45) is 0 Å². The summed E-state index contributed by atoms with van der Waals surface area (Å²) in [5, 5.41) is 2.66. The van der Waals surface area contributed by atoms with E-state index in [2.05, 4.69) is 10.0 Å². The number of sulfonamides is 1. The van der Waals surface area contributed by atoms with Crippen LogP contribution in [0.5, 0.6) is 0 Å². The Morgan fingerprint density at radius 1 is 1.10 bits per heavy atom. The first kappa shape index (κ1) is 21.9. The molecule has 0 unspecified atom stereocenters. The number of anilines is 2. The largest absolute Gasteiger partial charge is 0.334 e. The predicted octanol–water partition coefficient (Wildman–Crippen LogP) is 3.93. The third kappa shape index (κ3) is 4.07. The monoisotopic (exact) mass is 445 g/mol. The zero-order valence-corrected chi connectivity index (χ0v) is 17.0. The molecule has 1 aliphatic heterocycles. The van der Waals surface area contributed by atoms with Crippen molar-refractivity contribution in [1.82, 2.24) is 5.32 Å². The van der Waals surface area contributed by atoms with E-state index in [0.29, 0.717) is 24.2 Å². The van der Waals surface area contributed by atoms with Crippen molar-refractivity contribution in [3.8, 4) is 0 Å². The van der Waals surface area contributed by atoms with Crippen LogP contribution >= 0.6 is 0 Å². The fraction of sp³-hybridized carbons (Fsp3) is 0.316. The molecule has 162 valence electrons. The van der Waals surface area contributed by atoms with Gasteiger partial charge >= 0.3 is 6.03 Å². The van der Waals surface area contributed by atoms with Gasteiger partial charge < -0.3 is 5.32 Å². The number of carbonyl (C=O) groups excluding carboxylic acids is 1. The number of benzene rings is 2. The Morgan fingerprint density at radius 3 is 2.33 bits per heavy atom.